The Morgan fingerprint density at radius 3 is 2.47 bits per heavy atom. The van der Waals surface area contributed by atoms with E-state index in [1.165, 1.54) is 23.5 Å². The van der Waals surface area contributed by atoms with Gasteiger partial charge in [-0.3, -0.25) is 0 Å². The lowest BCUT2D eigenvalue weighted by atomic mass is 10.1. The Hall–Kier alpha value is -0.610. The molecule has 1 nitrogen and oxygen atoms in total. The van der Waals surface area contributed by atoms with Gasteiger partial charge in [-0.05, 0) is 43.2 Å². The second kappa shape index (κ2) is 6.23. The summed E-state index contributed by atoms with van der Waals surface area (Å²) in [5.74, 6) is -0.226. The summed E-state index contributed by atoms with van der Waals surface area (Å²) >= 11 is 13.4. The number of thiophene rings is 1. The molecule has 0 aliphatic rings. The standard InChI is InChI=1S/C14H14Cl2FNS/c1-8(10-4-3-5-11(17)6-10)18-9(2)12-7-13(15)19-14(12)16/h3-9,18H,1-2H3/t8-,9?/m1/s1. The first-order valence-corrected chi connectivity index (χ1v) is 7.51. The number of rotatable bonds is 4. The second-order valence-corrected chi connectivity index (χ2v) is 6.73. The molecule has 0 amide bonds. The predicted molar refractivity (Wildman–Crippen MR) is 80.7 cm³/mol. The average molecular weight is 318 g/mol. The van der Waals surface area contributed by atoms with Crippen molar-refractivity contribution in [2.45, 2.75) is 25.9 Å². The van der Waals surface area contributed by atoms with Crippen LogP contribution in [-0.4, -0.2) is 0 Å². The molecule has 2 rings (SSSR count). The van der Waals surface area contributed by atoms with E-state index in [0.29, 0.717) is 8.67 Å². The van der Waals surface area contributed by atoms with Crippen LogP contribution in [0.25, 0.3) is 0 Å². The van der Waals surface area contributed by atoms with Crippen LogP contribution in [0.5, 0.6) is 0 Å². The SMILES string of the molecule is CC(N[C@H](C)c1cccc(F)c1)c1cc(Cl)sc1Cl. The monoisotopic (exact) mass is 317 g/mol. The Balaban J connectivity index is 2.10. The fourth-order valence-corrected chi connectivity index (χ4v) is 3.63. The molecule has 102 valence electrons. The fourth-order valence-electron chi connectivity index (χ4n) is 1.99. The molecule has 0 bridgehead atoms. The van der Waals surface area contributed by atoms with Crippen LogP contribution < -0.4 is 5.32 Å². The van der Waals surface area contributed by atoms with Crippen LogP contribution in [0, 0.1) is 5.82 Å². The minimum atomic E-state index is -0.226. The Labute approximate surface area is 126 Å². The van der Waals surface area contributed by atoms with Crippen molar-refractivity contribution >= 4 is 34.5 Å². The highest BCUT2D eigenvalue weighted by Gasteiger charge is 2.16. The largest absolute Gasteiger partial charge is 0.304 e. The van der Waals surface area contributed by atoms with Gasteiger partial charge in [0.2, 0.25) is 0 Å². The van der Waals surface area contributed by atoms with Crippen molar-refractivity contribution in [3.05, 3.63) is 55.9 Å². The van der Waals surface area contributed by atoms with Crippen LogP contribution in [-0.2, 0) is 0 Å². The van der Waals surface area contributed by atoms with Crippen LogP contribution >= 0.6 is 34.5 Å². The highest BCUT2D eigenvalue weighted by Crippen LogP contribution is 2.35. The van der Waals surface area contributed by atoms with E-state index in [0.717, 1.165) is 11.1 Å². The molecule has 1 unspecified atom stereocenters. The molecule has 0 aliphatic carbocycles. The van der Waals surface area contributed by atoms with Crippen molar-refractivity contribution in [3.8, 4) is 0 Å². The third-order valence-electron chi connectivity index (χ3n) is 3.00. The summed E-state index contributed by atoms with van der Waals surface area (Å²) in [5, 5.41) is 3.39. The lowest BCUT2D eigenvalue weighted by Crippen LogP contribution is -2.22. The molecule has 0 saturated carbocycles. The van der Waals surface area contributed by atoms with E-state index in [1.54, 1.807) is 6.07 Å². The highest BCUT2D eigenvalue weighted by molar-refractivity contribution is 7.20. The Morgan fingerprint density at radius 1 is 1.16 bits per heavy atom. The minimum absolute atomic E-state index is 0.0282. The zero-order valence-corrected chi connectivity index (χ0v) is 12.9. The molecular weight excluding hydrogens is 304 g/mol. The molecule has 2 aromatic rings. The Morgan fingerprint density at radius 2 is 1.89 bits per heavy atom. The van der Waals surface area contributed by atoms with Gasteiger partial charge in [0, 0.05) is 12.1 Å². The van der Waals surface area contributed by atoms with Crippen LogP contribution in [0.15, 0.2) is 30.3 Å². The molecule has 1 aromatic heterocycles. The molecule has 0 saturated heterocycles. The maximum Gasteiger partial charge on any atom is 0.123 e. The normalized spacial score (nSPS) is 14.4. The van der Waals surface area contributed by atoms with Crippen LogP contribution in [0.2, 0.25) is 8.67 Å². The molecule has 0 fully saturated rings. The lowest BCUT2D eigenvalue weighted by Gasteiger charge is -2.20. The van der Waals surface area contributed by atoms with E-state index in [9.17, 15) is 4.39 Å². The molecule has 1 N–H and O–H groups in total. The van der Waals surface area contributed by atoms with Gasteiger partial charge in [-0.25, -0.2) is 4.39 Å². The van der Waals surface area contributed by atoms with Gasteiger partial charge < -0.3 is 5.32 Å². The molecular formula is C14H14Cl2FNS. The molecule has 5 heteroatoms. The predicted octanol–water partition coefficient (Wildman–Crippen LogP) is 5.61. The van der Waals surface area contributed by atoms with Crippen molar-refractivity contribution in [2.75, 3.05) is 0 Å². The maximum atomic E-state index is 13.2. The Bertz CT molecular complexity index is 570. The number of nitrogens with one attached hydrogen (secondary N) is 1. The van der Waals surface area contributed by atoms with Gasteiger partial charge in [0.25, 0.3) is 0 Å². The first-order chi connectivity index (χ1) is 8.97. The average Bonchev–Trinajstić information content (AvgIpc) is 2.68. The summed E-state index contributed by atoms with van der Waals surface area (Å²) in [6.45, 7) is 4.01. The minimum Gasteiger partial charge on any atom is -0.304 e. The quantitative estimate of drug-likeness (QED) is 0.773. The van der Waals surface area contributed by atoms with E-state index >= 15 is 0 Å². The molecule has 0 spiro atoms. The molecule has 1 aromatic carbocycles. The van der Waals surface area contributed by atoms with Crippen molar-refractivity contribution < 1.29 is 4.39 Å². The number of benzene rings is 1. The lowest BCUT2D eigenvalue weighted by molar-refractivity contribution is 0.493. The topological polar surface area (TPSA) is 12.0 Å². The summed E-state index contributed by atoms with van der Waals surface area (Å²) < 4.78 is 14.6. The molecule has 19 heavy (non-hydrogen) atoms. The number of hydrogen-bond acceptors (Lipinski definition) is 2. The summed E-state index contributed by atoms with van der Waals surface area (Å²) in [6.07, 6.45) is 0. The molecule has 0 aliphatic heterocycles. The van der Waals surface area contributed by atoms with Crippen molar-refractivity contribution in [3.63, 3.8) is 0 Å². The van der Waals surface area contributed by atoms with Crippen molar-refractivity contribution in [1.82, 2.24) is 5.32 Å². The van der Waals surface area contributed by atoms with E-state index < -0.39 is 0 Å². The Kier molecular flexibility index (Phi) is 4.85. The molecule has 0 radical (unpaired) electrons. The molecule has 1 heterocycles. The highest BCUT2D eigenvalue weighted by atomic mass is 35.5. The van der Waals surface area contributed by atoms with Gasteiger partial charge in [-0.1, -0.05) is 35.3 Å². The van der Waals surface area contributed by atoms with Gasteiger partial charge in [0.1, 0.15) is 5.82 Å². The summed E-state index contributed by atoms with van der Waals surface area (Å²) in [7, 11) is 0. The van der Waals surface area contributed by atoms with Crippen LogP contribution in [0.1, 0.15) is 37.1 Å². The van der Waals surface area contributed by atoms with Gasteiger partial charge in [-0.15, -0.1) is 11.3 Å². The zero-order valence-electron chi connectivity index (χ0n) is 10.6. The van der Waals surface area contributed by atoms with E-state index in [1.807, 2.05) is 26.0 Å². The van der Waals surface area contributed by atoms with Crippen molar-refractivity contribution in [2.24, 2.45) is 0 Å². The van der Waals surface area contributed by atoms with Crippen molar-refractivity contribution in [1.29, 1.82) is 0 Å². The zero-order chi connectivity index (χ0) is 14.0. The summed E-state index contributed by atoms with van der Waals surface area (Å²) in [5.41, 5.74) is 1.88. The fraction of sp³-hybridized carbons (Fsp3) is 0.286. The maximum absolute atomic E-state index is 13.2. The third-order valence-corrected chi connectivity index (χ3v) is 4.52. The van der Waals surface area contributed by atoms with Gasteiger partial charge in [0.15, 0.2) is 0 Å². The number of halogens is 3. The van der Waals surface area contributed by atoms with Crippen LogP contribution in [0.4, 0.5) is 4.39 Å². The van der Waals surface area contributed by atoms with Gasteiger partial charge >= 0.3 is 0 Å². The smallest absolute Gasteiger partial charge is 0.123 e. The summed E-state index contributed by atoms with van der Waals surface area (Å²) in [4.78, 5) is 0. The van der Waals surface area contributed by atoms with Gasteiger partial charge in [0.05, 0.1) is 8.67 Å². The van der Waals surface area contributed by atoms with Gasteiger partial charge in [-0.2, -0.15) is 0 Å². The molecule has 2 atom stereocenters. The third kappa shape index (κ3) is 3.69. The van der Waals surface area contributed by atoms with E-state index in [-0.39, 0.29) is 17.9 Å². The second-order valence-electron chi connectivity index (χ2n) is 4.44. The first-order valence-electron chi connectivity index (χ1n) is 5.93. The van der Waals surface area contributed by atoms with Crippen LogP contribution in [0.3, 0.4) is 0 Å². The first kappa shape index (κ1) is 14.8. The van der Waals surface area contributed by atoms with E-state index in [2.05, 4.69) is 5.32 Å². The number of hydrogen-bond donors (Lipinski definition) is 1. The summed E-state index contributed by atoms with van der Waals surface area (Å²) in [6, 6.07) is 8.53. The van der Waals surface area contributed by atoms with E-state index in [4.69, 9.17) is 23.2 Å².